The fraction of sp³-hybridized carbons (Fsp3) is 0.500. The van der Waals surface area contributed by atoms with Crippen LogP contribution in [0.5, 0.6) is 0 Å². The highest BCUT2D eigenvalue weighted by Gasteiger charge is 2.29. The molecule has 2 N–H and O–H groups in total. The maximum Gasteiger partial charge on any atom is 0.241 e. The molecule has 21 heavy (non-hydrogen) atoms. The summed E-state index contributed by atoms with van der Waals surface area (Å²) in [5.41, 5.74) is -1.20. The summed E-state index contributed by atoms with van der Waals surface area (Å²) in [5.74, 6) is -0.0687. The Morgan fingerprint density at radius 2 is 2.14 bits per heavy atom. The number of halogens is 1. The number of nitrogens with zero attached hydrogens (tertiary/aromatic N) is 1. The van der Waals surface area contributed by atoms with Crippen LogP contribution >= 0.6 is 11.6 Å². The Morgan fingerprint density at radius 1 is 1.52 bits per heavy atom. The minimum absolute atomic E-state index is 0.0295. The zero-order valence-corrected chi connectivity index (χ0v) is 13.8. The highest BCUT2D eigenvalue weighted by Crippen LogP contribution is 2.22. The van der Waals surface area contributed by atoms with Gasteiger partial charge in [-0.05, 0) is 31.0 Å². The second-order valence-corrected chi connectivity index (χ2v) is 7.42. The summed E-state index contributed by atoms with van der Waals surface area (Å²) in [6.07, 6.45) is 0.721. The summed E-state index contributed by atoms with van der Waals surface area (Å²) in [5, 5.41) is 19.6. The average Bonchev–Trinajstić information content (AvgIpc) is 2.44. The van der Waals surface area contributed by atoms with Gasteiger partial charge >= 0.3 is 0 Å². The van der Waals surface area contributed by atoms with E-state index in [1.165, 1.54) is 18.2 Å². The zero-order chi connectivity index (χ0) is 16.3. The van der Waals surface area contributed by atoms with Crippen LogP contribution in [0.15, 0.2) is 23.1 Å². The van der Waals surface area contributed by atoms with Crippen LogP contribution < -0.4 is 4.72 Å². The molecule has 0 bridgehead atoms. The van der Waals surface area contributed by atoms with Gasteiger partial charge < -0.3 is 5.11 Å². The lowest BCUT2D eigenvalue weighted by Crippen LogP contribution is -2.45. The van der Waals surface area contributed by atoms with Crippen LogP contribution in [0.1, 0.15) is 32.8 Å². The van der Waals surface area contributed by atoms with Crippen molar-refractivity contribution in [3.63, 3.8) is 0 Å². The van der Waals surface area contributed by atoms with Crippen LogP contribution in [0.4, 0.5) is 0 Å². The first-order valence-corrected chi connectivity index (χ1v) is 8.42. The molecule has 0 aliphatic rings. The molecule has 0 aliphatic heterocycles. The molecular formula is C14H19ClN2O3S. The second kappa shape index (κ2) is 6.75. The van der Waals surface area contributed by atoms with Gasteiger partial charge in [0.15, 0.2) is 0 Å². The second-order valence-electron chi connectivity index (χ2n) is 5.24. The maximum absolute atomic E-state index is 12.3. The molecule has 2 atom stereocenters. The summed E-state index contributed by atoms with van der Waals surface area (Å²) in [7, 11) is -3.89. The summed E-state index contributed by atoms with van der Waals surface area (Å²) in [6.45, 7) is 5.21. The van der Waals surface area contributed by atoms with Gasteiger partial charge in [0.05, 0.1) is 16.1 Å². The number of hydrogen-bond donors (Lipinski definition) is 2. The van der Waals surface area contributed by atoms with Crippen molar-refractivity contribution >= 4 is 21.6 Å². The van der Waals surface area contributed by atoms with Crippen molar-refractivity contribution in [2.75, 3.05) is 6.54 Å². The molecule has 0 amide bonds. The van der Waals surface area contributed by atoms with Crippen LogP contribution in [0, 0.1) is 17.2 Å². The van der Waals surface area contributed by atoms with Crippen molar-refractivity contribution < 1.29 is 13.5 Å². The van der Waals surface area contributed by atoms with Crippen LogP contribution in [0.3, 0.4) is 0 Å². The van der Waals surface area contributed by atoms with E-state index in [2.05, 4.69) is 4.72 Å². The Morgan fingerprint density at radius 3 is 2.67 bits per heavy atom. The van der Waals surface area contributed by atoms with Gasteiger partial charge in [0, 0.05) is 11.6 Å². The molecular weight excluding hydrogens is 312 g/mol. The topological polar surface area (TPSA) is 90.2 Å². The summed E-state index contributed by atoms with van der Waals surface area (Å²) in [4.78, 5) is -0.144. The zero-order valence-electron chi connectivity index (χ0n) is 12.2. The van der Waals surface area contributed by atoms with Crippen LogP contribution in [0.2, 0.25) is 5.02 Å². The molecule has 0 radical (unpaired) electrons. The molecule has 0 aliphatic carbocycles. The minimum Gasteiger partial charge on any atom is -0.389 e. The van der Waals surface area contributed by atoms with E-state index in [1.807, 2.05) is 19.9 Å². The monoisotopic (exact) mass is 330 g/mol. The van der Waals surface area contributed by atoms with Gasteiger partial charge in [-0.3, -0.25) is 0 Å². The lowest BCUT2D eigenvalue weighted by molar-refractivity contribution is 0.0102. The largest absolute Gasteiger partial charge is 0.389 e. The Balaban J connectivity index is 3.01. The molecule has 2 unspecified atom stereocenters. The molecule has 5 nitrogen and oxygen atoms in total. The first-order chi connectivity index (χ1) is 9.64. The number of sulfonamides is 1. The van der Waals surface area contributed by atoms with Gasteiger partial charge in [0.2, 0.25) is 10.0 Å². The summed E-state index contributed by atoms with van der Waals surface area (Å²) < 4.78 is 26.9. The standard InChI is InChI=1S/C14H19ClN2O3S/c1-4-10(2)14(3,18)9-17-21(19,20)13-6-5-12(15)7-11(13)8-16/h5-7,10,17-18H,4,9H2,1-3H3. The summed E-state index contributed by atoms with van der Waals surface area (Å²) in [6, 6.07) is 5.79. The third-order valence-corrected chi connectivity index (χ3v) is 5.34. The SMILES string of the molecule is CCC(C)C(C)(O)CNS(=O)(=O)c1ccc(Cl)cc1C#N. The molecule has 1 aromatic carbocycles. The van der Waals surface area contributed by atoms with E-state index in [9.17, 15) is 13.5 Å². The van der Waals surface area contributed by atoms with Crippen molar-refractivity contribution in [3.8, 4) is 6.07 Å². The predicted octanol–water partition coefficient (Wildman–Crippen LogP) is 2.29. The molecule has 0 fully saturated rings. The van der Waals surface area contributed by atoms with E-state index in [-0.39, 0.29) is 27.9 Å². The molecule has 1 aromatic rings. The number of nitrogens with one attached hydrogen (secondary N) is 1. The summed E-state index contributed by atoms with van der Waals surface area (Å²) >= 11 is 5.75. The molecule has 0 aromatic heterocycles. The smallest absolute Gasteiger partial charge is 0.241 e. The third-order valence-electron chi connectivity index (χ3n) is 3.65. The number of hydrogen-bond acceptors (Lipinski definition) is 4. The van der Waals surface area contributed by atoms with Gasteiger partial charge in [0.25, 0.3) is 0 Å². The highest BCUT2D eigenvalue weighted by atomic mass is 35.5. The first-order valence-electron chi connectivity index (χ1n) is 6.55. The quantitative estimate of drug-likeness (QED) is 0.837. The molecule has 0 spiro atoms. The van der Waals surface area contributed by atoms with Gasteiger partial charge in [-0.25, -0.2) is 13.1 Å². The third kappa shape index (κ3) is 4.42. The van der Waals surface area contributed by atoms with E-state index in [0.717, 1.165) is 6.42 Å². The Hall–Kier alpha value is -1.13. The van der Waals surface area contributed by atoms with Crippen LogP contribution in [-0.2, 0) is 10.0 Å². The van der Waals surface area contributed by atoms with E-state index < -0.39 is 15.6 Å². The van der Waals surface area contributed by atoms with Crippen LogP contribution in [-0.4, -0.2) is 25.7 Å². The number of rotatable bonds is 6. The van der Waals surface area contributed by atoms with Gasteiger partial charge in [0.1, 0.15) is 6.07 Å². The molecule has 116 valence electrons. The lowest BCUT2D eigenvalue weighted by atomic mass is 9.89. The maximum atomic E-state index is 12.3. The number of aliphatic hydroxyl groups is 1. The Bertz CT molecular complexity index is 651. The number of nitriles is 1. The molecule has 7 heteroatoms. The number of benzene rings is 1. The van der Waals surface area contributed by atoms with E-state index in [1.54, 1.807) is 6.92 Å². The van der Waals surface area contributed by atoms with Crippen molar-refractivity contribution in [2.24, 2.45) is 5.92 Å². The minimum atomic E-state index is -3.89. The van der Waals surface area contributed by atoms with Gasteiger partial charge in [-0.1, -0.05) is 31.9 Å². The van der Waals surface area contributed by atoms with Crippen LogP contribution in [0.25, 0.3) is 0 Å². The van der Waals surface area contributed by atoms with Gasteiger partial charge in [-0.15, -0.1) is 0 Å². The fourth-order valence-corrected chi connectivity index (χ4v) is 3.21. The van der Waals surface area contributed by atoms with Crippen molar-refractivity contribution in [1.29, 1.82) is 5.26 Å². The van der Waals surface area contributed by atoms with Crippen molar-refractivity contribution in [3.05, 3.63) is 28.8 Å². The van der Waals surface area contributed by atoms with Crippen molar-refractivity contribution in [2.45, 2.75) is 37.7 Å². The predicted molar refractivity (Wildman–Crippen MR) is 81.4 cm³/mol. The fourth-order valence-electron chi connectivity index (χ4n) is 1.76. The van der Waals surface area contributed by atoms with Gasteiger partial charge in [-0.2, -0.15) is 5.26 Å². The normalized spacial score (nSPS) is 16.0. The molecule has 0 heterocycles. The Labute approximate surface area is 130 Å². The molecule has 0 saturated carbocycles. The van der Waals surface area contributed by atoms with E-state index in [0.29, 0.717) is 0 Å². The Kier molecular flexibility index (Phi) is 5.76. The molecule has 1 rings (SSSR count). The average molecular weight is 331 g/mol. The highest BCUT2D eigenvalue weighted by molar-refractivity contribution is 7.89. The van der Waals surface area contributed by atoms with E-state index >= 15 is 0 Å². The first kappa shape index (κ1) is 17.9. The lowest BCUT2D eigenvalue weighted by Gasteiger charge is -2.29. The van der Waals surface area contributed by atoms with E-state index in [4.69, 9.17) is 16.9 Å². The van der Waals surface area contributed by atoms with Crippen molar-refractivity contribution in [1.82, 2.24) is 4.72 Å². The molecule has 0 saturated heterocycles.